The average molecular weight is 719 g/mol. The van der Waals surface area contributed by atoms with Crippen molar-refractivity contribution in [2.45, 2.75) is 63.3 Å². The second-order valence-corrected chi connectivity index (χ2v) is 15.3. The Labute approximate surface area is 310 Å². The Morgan fingerprint density at radius 1 is 0.849 bits per heavy atom. The molecule has 2 N–H and O–H groups in total. The largest absolute Gasteiger partial charge is 0.372 e. The molecule has 1 atom stereocenters. The lowest BCUT2D eigenvalue weighted by atomic mass is 9.90. The molecule has 3 aliphatic heterocycles. The van der Waals surface area contributed by atoms with Gasteiger partial charge in [-0.05, 0) is 73.9 Å². The number of rotatable bonds is 9. The van der Waals surface area contributed by atoms with Crippen molar-refractivity contribution in [2.24, 2.45) is 5.92 Å². The molecule has 278 valence electrons. The number of amides is 3. The van der Waals surface area contributed by atoms with Crippen LogP contribution in [0.3, 0.4) is 0 Å². The minimum Gasteiger partial charge on any atom is -0.372 e. The monoisotopic (exact) mass is 718 g/mol. The highest BCUT2D eigenvalue weighted by atomic mass is 16.2. The zero-order valence-corrected chi connectivity index (χ0v) is 30.8. The van der Waals surface area contributed by atoms with Gasteiger partial charge in [-0.15, -0.1) is 0 Å². The molecule has 3 saturated heterocycles. The van der Waals surface area contributed by atoms with E-state index in [0.29, 0.717) is 36.2 Å². The van der Waals surface area contributed by atoms with Gasteiger partial charge in [0.15, 0.2) is 0 Å². The summed E-state index contributed by atoms with van der Waals surface area (Å²) in [6.45, 7) is 7.23. The fourth-order valence-corrected chi connectivity index (χ4v) is 8.61. The molecule has 1 aliphatic carbocycles. The van der Waals surface area contributed by atoms with E-state index in [2.05, 4.69) is 65.2 Å². The van der Waals surface area contributed by atoms with Gasteiger partial charge in [-0.1, -0.05) is 25.0 Å². The number of anilines is 4. The summed E-state index contributed by atoms with van der Waals surface area (Å²) < 4.78 is 2.13. The molecular weight excluding hydrogens is 669 g/mol. The van der Waals surface area contributed by atoms with Crippen molar-refractivity contribution in [2.75, 3.05) is 75.0 Å². The maximum atomic E-state index is 13.1. The molecule has 0 spiro atoms. The van der Waals surface area contributed by atoms with Crippen LogP contribution in [0, 0.1) is 5.92 Å². The first-order valence-corrected chi connectivity index (χ1v) is 19.3. The summed E-state index contributed by atoms with van der Waals surface area (Å²) in [5.41, 5.74) is 4.77. The number of fused-ring (bicyclic) bond motifs is 1. The Morgan fingerprint density at radius 3 is 2.25 bits per heavy atom. The number of carbonyl (C=O) groups is 3. The van der Waals surface area contributed by atoms with Crippen LogP contribution >= 0.6 is 0 Å². The third kappa shape index (κ3) is 7.57. The molecule has 4 fully saturated rings. The third-order valence-electron chi connectivity index (χ3n) is 11.6. The second kappa shape index (κ2) is 15.1. The van der Waals surface area contributed by atoms with Gasteiger partial charge in [0.05, 0.1) is 17.8 Å². The maximum Gasteiger partial charge on any atom is 0.270 e. The molecule has 3 aromatic heterocycles. The maximum absolute atomic E-state index is 13.1. The van der Waals surface area contributed by atoms with Crippen LogP contribution < -0.4 is 20.4 Å². The Kier molecular flexibility index (Phi) is 10.00. The molecular formula is C40H50N10O3. The lowest BCUT2D eigenvalue weighted by Gasteiger charge is -2.40. The van der Waals surface area contributed by atoms with Gasteiger partial charge in [0, 0.05) is 89.6 Å². The van der Waals surface area contributed by atoms with Gasteiger partial charge < -0.3 is 24.6 Å². The normalized spacial score (nSPS) is 20.6. The summed E-state index contributed by atoms with van der Waals surface area (Å²) in [6.07, 6.45) is 11.5. The van der Waals surface area contributed by atoms with Crippen molar-refractivity contribution in [1.29, 1.82) is 0 Å². The third-order valence-corrected chi connectivity index (χ3v) is 11.6. The SMILES string of the molecule is CN(C)C(=O)c1cc2cnc(Nc3ccc(N4CCN(CC5CCN(c6ccc(C7CCC(=O)NC7=O)cc6)CC5)CC4)cn3)nc2n1C1CCCC1. The molecule has 4 aliphatic rings. The highest BCUT2D eigenvalue weighted by Crippen LogP contribution is 2.35. The van der Waals surface area contributed by atoms with Crippen LogP contribution in [0.2, 0.25) is 0 Å². The second-order valence-electron chi connectivity index (χ2n) is 15.3. The van der Waals surface area contributed by atoms with E-state index in [1.165, 1.54) is 18.5 Å². The van der Waals surface area contributed by atoms with Crippen molar-refractivity contribution < 1.29 is 14.4 Å². The smallest absolute Gasteiger partial charge is 0.270 e. The van der Waals surface area contributed by atoms with Gasteiger partial charge in [0.1, 0.15) is 17.2 Å². The zero-order valence-electron chi connectivity index (χ0n) is 30.8. The van der Waals surface area contributed by atoms with Crippen molar-refractivity contribution in [1.82, 2.24) is 34.6 Å². The summed E-state index contributed by atoms with van der Waals surface area (Å²) in [5.74, 6) is 1.24. The Bertz CT molecular complexity index is 1940. The van der Waals surface area contributed by atoms with Gasteiger partial charge in [0.25, 0.3) is 5.91 Å². The number of nitrogens with zero attached hydrogens (tertiary/aromatic N) is 8. The number of pyridine rings is 1. The van der Waals surface area contributed by atoms with Crippen molar-refractivity contribution in [3.05, 3.63) is 66.1 Å². The molecule has 53 heavy (non-hydrogen) atoms. The summed E-state index contributed by atoms with van der Waals surface area (Å²) in [7, 11) is 3.57. The Morgan fingerprint density at radius 2 is 1.57 bits per heavy atom. The summed E-state index contributed by atoms with van der Waals surface area (Å²) in [6, 6.07) is 14.7. The van der Waals surface area contributed by atoms with Gasteiger partial charge in [-0.2, -0.15) is 4.98 Å². The number of piperazine rings is 1. The van der Waals surface area contributed by atoms with Crippen LogP contribution in [0.1, 0.15) is 79.4 Å². The van der Waals surface area contributed by atoms with E-state index >= 15 is 0 Å². The lowest BCUT2D eigenvalue weighted by molar-refractivity contribution is -0.134. The predicted octanol–water partition coefficient (Wildman–Crippen LogP) is 4.95. The number of piperidine rings is 2. The number of hydrogen-bond donors (Lipinski definition) is 2. The van der Waals surface area contributed by atoms with Gasteiger partial charge in [-0.25, -0.2) is 9.97 Å². The number of carbonyl (C=O) groups excluding carboxylic acids is 3. The molecule has 4 aromatic rings. The standard InChI is InChI=1S/C40H50N10O3/c1-46(2)39(53)34-23-29-24-42-40(45-37(29)50(34)31-5-3-4-6-31)43-35-13-11-32(25-41-35)49-21-19-47(20-22-49)26-27-15-17-48(18-16-27)30-9-7-28(8-10-30)33-12-14-36(51)44-38(33)52/h7-11,13,23-25,27,31,33H,3-6,12,14-22,26H2,1-2H3,(H,44,51,52)(H,41,42,43,45). The molecule has 13 heteroatoms. The molecule has 0 radical (unpaired) electrons. The molecule has 1 saturated carbocycles. The van der Waals surface area contributed by atoms with Crippen LogP contribution in [0.15, 0.2) is 54.9 Å². The van der Waals surface area contributed by atoms with Crippen molar-refractivity contribution in [3.8, 4) is 0 Å². The van der Waals surface area contributed by atoms with E-state index in [-0.39, 0.29) is 29.7 Å². The van der Waals surface area contributed by atoms with E-state index < -0.39 is 0 Å². The Hall–Kier alpha value is -5.04. The first-order chi connectivity index (χ1) is 25.8. The predicted molar refractivity (Wildman–Crippen MR) is 206 cm³/mol. The average Bonchev–Trinajstić information content (AvgIpc) is 3.84. The molecule has 1 aromatic carbocycles. The molecule has 6 heterocycles. The molecule has 13 nitrogen and oxygen atoms in total. The first-order valence-electron chi connectivity index (χ1n) is 19.3. The van der Waals surface area contributed by atoms with Crippen molar-refractivity contribution in [3.63, 3.8) is 0 Å². The van der Waals surface area contributed by atoms with E-state index in [4.69, 9.17) is 9.97 Å². The zero-order chi connectivity index (χ0) is 36.5. The molecule has 8 rings (SSSR count). The first kappa shape index (κ1) is 35.0. The summed E-state index contributed by atoms with van der Waals surface area (Å²) in [5, 5.41) is 6.63. The Balaban J connectivity index is 0.815. The highest BCUT2D eigenvalue weighted by molar-refractivity contribution is 6.01. The number of nitrogens with one attached hydrogen (secondary N) is 2. The van der Waals surface area contributed by atoms with Crippen molar-refractivity contribution >= 4 is 51.9 Å². The molecule has 0 bridgehead atoms. The molecule has 3 amide bonds. The minimum atomic E-state index is -0.236. The van der Waals surface area contributed by atoms with Crippen LogP contribution in [-0.4, -0.2) is 107 Å². The number of aromatic nitrogens is 4. The van der Waals surface area contributed by atoms with Gasteiger partial charge in [0.2, 0.25) is 17.8 Å². The quantitative estimate of drug-likeness (QED) is 0.230. The molecule has 1 unspecified atom stereocenters. The van der Waals surface area contributed by atoms with Gasteiger partial charge >= 0.3 is 0 Å². The summed E-state index contributed by atoms with van der Waals surface area (Å²) in [4.78, 5) is 60.1. The van der Waals surface area contributed by atoms with Crippen LogP contribution in [-0.2, 0) is 9.59 Å². The van der Waals surface area contributed by atoms with E-state index in [1.807, 2.05) is 18.3 Å². The lowest BCUT2D eigenvalue weighted by Crippen LogP contribution is -2.49. The van der Waals surface area contributed by atoms with E-state index in [9.17, 15) is 14.4 Å². The van der Waals surface area contributed by atoms with Gasteiger partial charge in [-0.3, -0.25) is 24.6 Å². The fraction of sp³-hybridized carbons (Fsp3) is 0.500. The highest BCUT2D eigenvalue weighted by Gasteiger charge is 2.29. The summed E-state index contributed by atoms with van der Waals surface area (Å²) >= 11 is 0. The van der Waals surface area contributed by atoms with Crippen LogP contribution in [0.4, 0.5) is 23.1 Å². The topological polar surface area (TPSA) is 132 Å². The minimum absolute atomic E-state index is 0.0163. The van der Waals surface area contributed by atoms with Crippen LogP contribution in [0.25, 0.3) is 11.0 Å². The van der Waals surface area contributed by atoms with Crippen LogP contribution in [0.5, 0.6) is 0 Å². The van der Waals surface area contributed by atoms with E-state index in [0.717, 1.165) is 93.8 Å². The van der Waals surface area contributed by atoms with E-state index in [1.54, 1.807) is 25.2 Å². The number of imide groups is 1. The number of hydrogen-bond acceptors (Lipinski definition) is 10. The number of benzene rings is 1. The fourth-order valence-electron chi connectivity index (χ4n) is 8.61.